The molecule has 1 rings (SSSR count). The van der Waals surface area contributed by atoms with Crippen LogP contribution in [0, 0.1) is 12.3 Å². The lowest BCUT2D eigenvalue weighted by molar-refractivity contribution is -0.141. The summed E-state index contributed by atoms with van der Waals surface area (Å²) in [5.41, 5.74) is 0. The van der Waals surface area contributed by atoms with Crippen molar-refractivity contribution < 1.29 is 19.4 Å². The summed E-state index contributed by atoms with van der Waals surface area (Å²) in [6.07, 6.45) is 6.41. The van der Waals surface area contributed by atoms with Crippen LogP contribution in [-0.4, -0.2) is 53.8 Å². The Kier molecular flexibility index (Phi) is 6.16. The lowest BCUT2D eigenvalue weighted by Crippen LogP contribution is -2.52. The van der Waals surface area contributed by atoms with Gasteiger partial charge in [0.2, 0.25) is 0 Å². The first-order valence-electron chi connectivity index (χ1n) is 6.41. The molecule has 1 fully saturated rings. The predicted octanol–water partition coefficient (Wildman–Crippen LogP) is 0.673. The summed E-state index contributed by atoms with van der Waals surface area (Å²) in [5.74, 6) is 1.60. The number of hydrogen-bond acceptors (Lipinski definition) is 3. The van der Waals surface area contributed by atoms with Gasteiger partial charge in [0.15, 0.2) is 0 Å². The summed E-state index contributed by atoms with van der Waals surface area (Å²) in [6, 6.07) is -0.534. The number of nitrogens with zero attached hydrogens (tertiary/aromatic N) is 1. The van der Waals surface area contributed by atoms with Crippen LogP contribution in [0.25, 0.3) is 0 Å². The number of terminal acetylenes is 1. The van der Waals surface area contributed by atoms with E-state index in [0.717, 1.165) is 12.8 Å². The molecule has 1 saturated heterocycles. The Morgan fingerprint density at radius 2 is 2.37 bits per heavy atom. The SMILES string of the molecule is C#CC(CCC)NC(=O)N1CCOC(CC(=O)O)C1. The number of aliphatic carboxylic acids is 1. The monoisotopic (exact) mass is 268 g/mol. The van der Waals surface area contributed by atoms with E-state index in [1.165, 1.54) is 0 Å². The normalized spacial score (nSPS) is 20.4. The molecule has 0 aromatic heterocycles. The standard InChI is InChI=1S/C13H20N2O4/c1-3-5-10(4-2)14-13(18)15-6-7-19-11(9-15)8-12(16)17/h2,10-11H,3,5-9H2,1H3,(H,14,18)(H,16,17). The van der Waals surface area contributed by atoms with E-state index < -0.39 is 12.1 Å². The van der Waals surface area contributed by atoms with Crippen molar-refractivity contribution in [3.05, 3.63) is 0 Å². The number of carboxylic acid groups (broad SMARTS) is 1. The molecule has 0 bridgehead atoms. The molecule has 19 heavy (non-hydrogen) atoms. The Morgan fingerprint density at radius 1 is 1.63 bits per heavy atom. The van der Waals surface area contributed by atoms with Gasteiger partial charge >= 0.3 is 12.0 Å². The van der Waals surface area contributed by atoms with Crippen molar-refractivity contribution in [1.82, 2.24) is 10.2 Å². The van der Waals surface area contributed by atoms with E-state index >= 15 is 0 Å². The second-order valence-electron chi connectivity index (χ2n) is 4.49. The minimum Gasteiger partial charge on any atom is -0.481 e. The van der Waals surface area contributed by atoms with E-state index in [0.29, 0.717) is 13.2 Å². The van der Waals surface area contributed by atoms with Gasteiger partial charge in [0.1, 0.15) is 0 Å². The molecule has 1 aliphatic rings. The van der Waals surface area contributed by atoms with E-state index in [1.54, 1.807) is 4.90 Å². The Balaban J connectivity index is 2.47. The highest BCUT2D eigenvalue weighted by molar-refractivity contribution is 5.75. The van der Waals surface area contributed by atoms with Crippen LogP contribution >= 0.6 is 0 Å². The summed E-state index contributed by atoms with van der Waals surface area (Å²) in [4.78, 5) is 24.2. The third-order valence-corrected chi connectivity index (χ3v) is 2.90. The number of hydrogen-bond donors (Lipinski definition) is 2. The van der Waals surface area contributed by atoms with Gasteiger partial charge < -0.3 is 20.1 Å². The third kappa shape index (κ3) is 5.18. The molecule has 0 radical (unpaired) electrons. The molecule has 2 N–H and O–H groups in total. The highest BCUT2D eigenvalue weighted by atomic mass is 16.5. The van der Waals surface area contributed by atoms with Crippen LogP contribution in [0.4, 0.5) is 4.79 Å². The van der Waals surface area contributed by atoms with E-state index in [9.17, 15) is 9.59 Å². The van der Waals surface area contributed by atoms with Crippen molar-refractivity contribution in [2.45, 2.75) is 38.3 Å². The number of morpholine rings is 1. The van der Waals surface area contributed by atoms with Crippen LogP contribution in [0.5, 0.6) is 0 Å². The molecule has 106 valence electrons. The number of amides is 2. The molecular weight excluding hydrogens is 248 g/mol. The van der Waals surface area contributed by atoms with Gasteiger partial charge in [0.25, 0.3) is 0 Å². The number of carbonyl (C=O) groups is 2. The number of carbonyl (C=O) groups excluding carboxylic acids is 1. The summed E-state index contributed by atoms with van der Waals surface area (Å²) in [7, 11) is 0. The fourth-order valence-corrected chi connectivity index (χ4v) is 1.95. The Bertz CT molecular complexity index is 364. The average Bonchev–Trinajstić information content (AvgIpc) is 2.37. The van der Waals surface area contributed by atoms with Gasteiger partial charge in [0.05, 0.1) is 25.2 Å². The van der Waals surface area contributed by atoms with Gasteiger partial charge in [-0.3, -0.25) is 4.79 Å². The number of nitrogens with one attached hydrogen (secondary N) is 1. The molecule has 2 unspecified atom stereocenters. The lowest BCUT2D eigenvalue weighted by Gasteiger charge is -2.33. The summed E-state index contributed by atoms with van der Waals surface area (Å²) >= 11 is 0. The van der Waals surface area contributed by atoms with Gasteiger partial charge in [-0.1, -0.05) is 19.3 Å². The molecule has 2 atom stereocenters. The second-order valence-corrected chi connectivity index (χ2v) is 4.49. The zero-order valence-corrected chi connectivity index (χ0v) is 11.1. The van der Waals surface area contributed by atoms with Crippen molar-refractivity contribution in [3.63, 3.8) is 0 Å². The maximum absolute atomic E-state index is 12.0. The van der Waals surface area contributed by atoms with E-state index in [4.69, 9.17) is 16.3 Å². The van der Waals surface area contributed by atoms with Crippen LogP contribution in [-0.2, 0) is 9.53 Å². The zero-order chi connectivity index (χ0) is 14.3. The van der Waals surface area contributed by atoms with Crippen LogP contribution in [0.15, 0.2) is 0 Å². The predicted molar refractivity (Wildman–Crippen MR) is 69.6 cm³/mol. The minimum atomic E-state index is -0.931. The number of carboxylic acids is 1. The first-order chi connectivity index (χ1) is 9.06. The first kappa shape index (κ1) is 15.3. The summed E-state index contributed by atoms with van der Waals surface area (Å²) in [5, 5.41) is 11.5. The highest BCUT2D eigenvalue weighted by Crippen LogP contribution is 2.09. The molecule has 6 heteroatoms. The topological polar surface area (TPSA) is 78.9 Å². The van der Waals surface area contributed by atoms with Crippen LogP contribution in [0.1, 0.15) is 26.2 Å². The number of rotatable bonds is 5. The van der Waals surface area contributed by atoms with Crippen molar-refractivity contribution in [2.75, 3.05) is 19.7 Å². The van der Waals surface area contributed by atoms with Gasteiger partial charge in [0, 0.05) is 13.1 Å². The van der Waals surface area contributed by atoms with Gasteiger partial charge in [-0.25, -0.2) is 4.79 Å². The third-order valence-electron chi connectivity index (χ3n) is 2.90. The van der Waals surface area contributed by atoms with Crippen LogP contribution < -0.4 is 5.32 Å². The molecule has 0 aromatic rings. The van der Waals surface area contributed by atoms with Crippen molar-refractivity contribution >= 4 is 12.0 Å². The Morgan fingerprint density at radius 3 is 2.95 bits per heavy atom. The van der Waals surface area contributed by atoms with Crippen LogP contribution in [0.3, 0.4) is 0 Å². The fourth-order valence-electron chi connectivity index (χ4n) is 1.95. The molecule has 1 aliphatic heterocycles. The van der Waals surface area contributed by atoms with Crippen molar-refractivity contribution in [3.8, 4) is 12.3 Å². The molecule has 0 aromatic carbocycles. The molecular formula is C13H20N2O4. The maximum Gasteiger partial charge on any atom is 0.318 e. The maximum atomic E-state index is 12.0. The molecule has 0 spiro atoms. The summed E-state index contributed by atoms with van der Waals surface area (Å²) < 4.78 is 5.31. The highest BCUT2D eigenvalue weighted by Gasteiger charge is 2.26. The number of urea groups is 1. The van der Waals surface area contributed by atoms with Gasteiger partial charge in [-0.15, -0.1) is 6.42 Å². The van der Waals surface area contributed by atoms with E-state index in [2.05, 4.69) is 11.2 Å². The molecule has 2 amide bonds. The largest absolute Gasteiger partial charge is 0.481 e. The zero-order valence-electron chi connectivity index (χ0n) is 11.1. The van der Waals surface area contributed by atoms with E-state index in [-0.39, 0.29) is 25.0 Å². The molecule has 0 aliphatic carbocycles. The minimum absolute atomic E-state index is 0.0999. The van der Waals surface area contributed by atoms with Crippen molar-refractivity contribution in [1.29, 1.82) is 0 Å². The second kappa shape index (κ2) is 7.64. The van der Waals surface area contributed by atoms with E-state index in [1.807, 2.05) is 6.92 Å². The first-order valence-corrected chi connectivity index (χ1v) is 6.41. The van der Waals surface area contributed by atoms with Gasteiger partial charge in [-0.2, -0.15) is 0 Å². The summed E-state index contributed by atoms with van der Waals surface area (Å²) in [6.45, 7) is 3.07. The molecule has 1 heterocycles. The van der Waals surface area contributed by atoms with Crippen molar-refractivity contribution in [2.24, 2.45) is 0 Å². The van der Waals surface area contributed by atoms with Gasteiger partial charge in [-0.05, 0) is 6.42 Å². The quantitative estimate of drug-likeness (QED) is 0.718. The number of ether oxygens (including phenoxy) is 1. The Labute approximate surface area is 113 Å². The fraction of sp³-hybridized carbons (Fsp3) is 0.692. The molecule has 6 nitrogen and oxygen atoms in total. The average molecular weight is 268 g/mol. The van der Waals surface area contributed by atoms with Crippen LogP contribution in [0.2, 0.25) is 0 Å². The Hall–Kier alpha value is -1.74. The smallest absolute Gasteiger partial charge is 0.318 e. The molecule has 0 saturated carbocycles. The lowest BCUT2D eigenvalue weighted by atomic mass is 10.2.